The van der Waals surface area contributed by atoms with E-state index in [-0.39, 0.29) is 24.6 Å². The first-order valence-electron chi connectivity index (χ1n) is 20.3. The van der Waals surface area contributed by atoms with Gasteiger partial charge in [-0.2, -0.15) is 0 Å². The summed E-state index contributed by atoms with van der Waals surface area (Å²) in [6, 6.07) is 0. The average molecular weight is 685 g/mol. The maximum atomic E-state index is 12.5. The Morgan fingerprint density at radius 3 is 1.21 bits per heavy atom. The van der Waals surface area contributed by atoms with Gasteiger partial charge in [0.15, 0.2) is 12.8 Å². The molecule has 0 aromatic carbocycles. The molecule has 1 atom stereocenters. The summed E-state index contributed by atoms with van der Waals surface area (Å²) in [5.74, 6) is -0.106. The van der Waals surface area contributed by atoms with Crippen molar-refractivity contribution in [1.82, 2.24) is 0 Å². The van der Waals surface area contributed by atoms with Gasteiger partial charge in [-0.15, -0.1) is 0 Å². The monoisotopic (exact) mass is 684 g/mol. The molecule has 0 saturated carbocycles. The number of hydrogen-bond donors (Lipinski definition) is 0. The molecule has 5 heteroatoms. The van der Waals surface area contributed by atoms with Crippen LogP contribution in [-0.2, 0) is 14.3 Å². The molecule has 0 aliphatic heterocycles. The molecule has 0 rings (SSSR count). The van der Waals surface area contributed by atoms with E-state index in [2.05, 4.69) is 59.2 Å². The number of halogens is 1. The number of carbonyl (C=O) groups excluding carboxylic acids is 1. The lowest BCUT2D eigenvalue weighted by Crippen LogP contribution is -3.00. The predicted octanol–water partition coefficient (Wildman–Crippen LogP) is 10.0. The zero-order valence-electron chi connectivity index (χ0n) is 32.4. The SMILES string of the molecule is CCCCCCCCC=CCCCCCCCCOC(=O)C[N+](C)(C)C(C)OCCCCCCCCC=CCCCCCCCC.[Cl-]. The lowest BCUT2D eigenvalue weighted by molar-refractivity contribution is -0.928. The highest BCUT2D eigenvalue weighted by molar-refractivity contribution is 5.70. The molecule has 0 fully saturated rings. The second-order valence-corrected chi connectivity index (χ2v) is 14.5. The zero-order chi connectivity index (χ0) is 33.8. The van der Waals surface area contributed by atoms with E-state index < -0.39 is 0 Å². The number of unbranched alkanes of at least 4 members (excludes halogenated alkanes) is 24. The van der Waals surface area contributed by atoms with Crippen molar-refractivity contribution < 1.29 is 31.2 Å². The fourth-order valence-electron chi connectivity index (χ4n) is 5.85. The molecule has 0 saturated heterocycles. The summed E-state index contributed by atoms with van der Waals surface area (Å²) in [6.07, 6.45) is 46.0. The summed E-state index contributed by atoms with van der Waals surface area (Å²) < 4.78 is 12.2. The quantitative estimate of drug-likeness (QED) is 0.0217. The first-order chi connectivity index (χ1) is 22.4. The molecule has 0 spiro atoms. The van der Waals surface area contributed by atoms with Gasteiger partial charge in [0.25, 0.3) is 0 Å². The zero-order valence-corrected chi connectivity index (χ0v) is 33.1. The van der Waals surface area contributed by atoms with Gasteiger partial charge >= 0.3 is 5.97 Å². The number of rotatable bonds is 36. The van der Waals surface area contributed by atoms with Gasteiger partial charge in [0.05, 0.1) is 27.3 Å². The maximum absolute atomic E-state index is 12.5. The Balaban J connectivity index is 0. The van der Waals surface area contributed by atoms with Crippen LogP contribution < -0.4 is 12.4 Å². The van der Waals surface area contributed by atoms with Gasteiger partial charge in [-0.05, 0) is 64.2 Å². The van der Waals surface area contributed by atoms with Gasteiger partial charge in [-0.1, -0.05) is 154 Å². The van der Waals surface area contributed by atoms with E-state index in [1.54, 1.807) is 0 Å². The van der Waals surface area contributed by atoms with E-state index in [4.69, 9.17) is 9.47 Å². The topological polar surface area (TPSA) is 35.5 Å². The van der Waals surface area contributed by atoms with Crippen LogP contribution in [0.25, 0.3) is 0 Å². The van der Waals surface area contributed by atoms with Gasteiger partial charge in [-0.25, -0.2) is 4.79 Å². The third-order valence-corrected chi connectivity index (χ3v) is 9.46. The van der Waals surface area contributed by atoms with Crippen LogP contribution in [0.1, 0.15) is 201 Å². The lowest BCUT2D eigenvalue weighted by atomic mass is 10.1. The summed E-state index contributed by atoms with van der Waals surface area (Å²) in [5, 5.41) is 0. The Morgan fingerprint density at radius 1 is 0.511 bits per heavy atom. The van der Waals surface area contributed by atoms with E-state index in [1.165, 1.54) is 161 Å². The Kier molecular flexibility index (Phi) is 39.0. The van der Waals surface area contributed by atoms with Crippen LogP contribution in [0.3, 0.4) is 0 Å². The molecule has 4 nitrogen and oxygen atoms in total. The van der Waals surface area contributed by atoms with Gasteiger partial charge in [-0.3, -0.25) is 4.48 Å². The molecule has 0 N–H and O–H groups in total. The summed E-state index contributed by atoms with van der Waals surface area (Å²) in [5.41, 5.74) is 0. The maximum Gasteiger partial charge on any atom is 0.361 e. The summed E-state index contributed by atoms with van der Waals surface area (Å²) >= 11 is 0. The first kappa shape index (κ1) is 48.3. The number of nitrogens with zero attached hydrogens (tertiary/aromatic N) is 1. The fraction of sp³-hybridized carbons (Fsp3) is 0.881. The molecule has 0 aliphatic carbocycles. The van der Waals surface area contributed by atoms with Crippen molar-refractivity contribution in [3.05, 3.63) is 24.3 Å². The molecule has 0 bridgehead atoms. The normalized spacial score (nSPS) is 12.6. The molecule has 1 unspecified atom stereocenters. The van der Waals surface area contributed by atoms with Gasteiger partial charge in [0.2, 0.25) is 0 Å². The number of allylic oxidation sites excluding steroid dienone is 4. The van der Waals surface area contributed by atoms with E-state index in [1.807, 2.05) is 0 Å². The lowest BCUT2D eigenvalue weighted by Gasteiger charge is -2.34. The molecule has 280 valence electrons. The van der Waals surface area contributed by atoms with Crippen LogP contribution in [0.4, 0.5) is 0 Å². The van der Waals surface area contributed by atoms with Crippen molar-refractivity contribution in [3.8, 4) is 0 Å². The van der Waals surface area contributed by atoms with Crippen LogP contribution in [0, 0.1) is 0 Å². The smallest absolute Gasteiger partial charge is 0.361 e. The average Bonchev–Trinajstić information content (AvgIpc) is 3.03. The number of esters is 1. The third-order valence-electron chi connectivity index (χ3n) is 9.46. The van der Waals surface area contributed by atoms with Crippen LogP contribution in [0.5, 0.6) is 0 Å². The minimum atomic E-state index is -0.106. The number of likely N-dealkylation sites (N-methyl/N-ethyl adjacent to an activating group) is 1. The summed E-state index contributed by atoms with van der Waals surface area (Å²) in [7, 11) is 4.13. The second kappa shape index (κ2) is 38.0. The number of carbonyl (C=O) groups is 1. The highest BCUT2D eigenvalue weighted by Gasteiger charge is 2.28. The minimum Gasteiger partial charge on any atom is -1.00 e. The molecule has 0 heterocycles. The largest absolute Gasteiger partial charge is 1.00 e. The Bertz CT molecular complexity index is 693. The highest BCUT2D eigenvalue weighted by atomic mass is 35.5. The highest BCUT2D eigenvalue weighted by Crippen LogP contribution is 2.14. The standard InChI is InChI=1S/C42H82NO3.ClH/c1-6-8-10-12-14-16-18-20-22-24-26-28-30-32-34-36-38-45-41(3)43(4,5)40-42(44)46-39-37-35-33-31-29-27-25-23-21-19-17-15-13-11-9-7-2;/h20-23,41H,6-19,24-40H2,1-5H3;1H/q+1;/p-1. The molecule has 0 aliphatic rings. The van der Waals surface area contributed by atoms with Gasteiger partial charge in [0, 0.05) is 6.92 Å². The predicted molar refractivity (Wildman–Crippen MR) is 202 cm³/mol. The molecular weight excluding hydrogens is 602 g/mol. The Labute approximate surface area is 301 Å². The fourth-order valence-corrected chi connectivity index (χ4v) is 5.85. The molecule has 0 aromatic rings. The van der Waals surface area contributed by atoms with Crippen LogP contribution >= 0.6 is 0 Å². The van der Waals surface area contributed by atoms with Gasteiger partial charge < -0.3 is 21.9 Å². The van der Waals surface area contributed by atoms with Crippen LogP contribution in [-0.4, -0.2) is 50.5 Å². The molecule has 47 heavy (non-hydrogen) atoms. The summed E-state index contributed by atoms with van der Waals surface area (Å²) in [4.78, 5) is 12.5. The molecule has 0 amide bonds. The van der Waals surface area contributed by atoms with E-state index in [9.17, 15) is 4.79 Å². The molecule has 0 aromatic heterocycles. The molecule has 0 radical (unpaired) electrons. The van der Waals surface area contributed by atoms with E-state index in [0.29, 0.717) is 17.6 Å². The Morgan fingerprint density at radius 2 is 0.830 bits per heavy atom. The van der Waals surface area contributed by atoms with Crippen molar-refractivity contribution in [2.45, 2.75) is 207 Å². The third kappa shape index (κ3) is 36.3. The van der Waals surface area contributed by atoms with Crippen LogP contribution in [0.15, 0.2) is 24.3 Å². The van der Waals surface area contributed by atoms with Crippen molar-refractivity contribution in [2.75, 3.05) is 33.9 Å². The van der Waals surface area contributed by atoms with Crippen molar-refractivity contribution >= 4 is 5.97 Å². The van der Waals surface area contributed by atoms with Crippen molar-refractivity contribution in [3.63, 3.8) is 0 Å². The van der Waals surface area contributed by atoms with E-state index in [0.717, 1.165) is 25.9 Å². The van der Waals surface area contributed by atoms with Crippen LogP contribution in [0.2, 0.25) is 0 Å². The first-order valence-corrected chi connectivity index (χ1v) is 20.3. The molecular formula is C42H82ClNO3. The second-order valence-electron chi connectivity index (χ2n) is 14.5. The van der Waals surface area contributed by atoms with Crippen molar-refractivity contribution in [1.29, 1.82) is 0 Å². The van der Waals surface area contributed by atoms with E-state index >= 15 is 0 Å². The Hall–Kier alpha value is -0.840. The van der Waals surface area contributed by atoms with Gasteiger partial charge in [0.1, 0.15) is 0 Å². The minimum absolute atomic E-state index is 0. The number of quaternary nitrogens is 1. The number of ether oxygens (including phenoxy) is 2. The van der Waals surface area contributed by atoms with Crippen molar-refractivity contribution in [2.24, 2.45) is 0 Å². The summed E-state index contributed by atoms with van der Waals surface area (Å²) in [6.45, 7) is 8.32. The number of hydrogen-bond acceptors (Lipinski definition) is 3.